The molecule has 0 saturated carbocycles. The minimum absolute atomic E-state index is 0.206. The predicted octanol–water partition coefficient (Wildman–Crippen LogP) is 2.94. The molecule has 1 atom stereocenters. The molecule has 1 N–H and O–H groups in total. The van der Waals surface area contributed by atoms with Crippen molar-refractivity contribution in [3.05, 3.63) is 53.6 Å². The highest BCUT2D eigenvalue weighted by Gasteiger charge is 2.28. The van der Waals surface area contributed by atoms with Crippen LogP contribution in [0, 0.1) is 6.92 Å². The number of carbonyl (C=O) groups is 2. The van der Waals surface area contributed by atoms with E-state index in [0.29, 0.717) is 30.2 Å². The number of hydrogen-bond donors (Lipinski definition) is 1. The Kier molecular flexibility index (Phi) is 8.53. The third kappa shape index (κ3) is 5.89. The third-order valence-electron chi connectivity index (χ3n) is 4.92. The van der Waals surface area contributed by atoms with Crippen molar-refractivity contribution in [3.8, 4) is 17.2 Å². The first kappa shape index (κ1) is 23.1. The van der Waals surface area contributed by atoms with Crippen molar-refractivity contribution in [1.29, 1.82) is 0 Å². The number of carbonyl (C=O) groups excluding carboxylic acids is 2. The molecule has 0 spiro atoms. The molecule has 30 heavy (non-hydrogen) atoms. The Bertz CT molecular complexity index is 846. The number of aryl methyl sites for hydroxylation is 1. The van der Waals surface area contributed by atoms with Crippen LogP contribution in [0.1, 0.15) is 24.5 Å². The monoisotopic (exact) mass is 414 g/mol. The van der Waals surface area contributed by atoms with Gasteiger partial charge in [-0.15, -0.1) is 0 Å². The van der Waals surface area contributed by atoms with Crippen molar-refractivity contribution in [2.75, 3.05) is 27.9 Å². The molecule has 0 aliphatic carbocycles. The van der Waals surface area contributed by atoms with E-state index in [1.807, 2.05) is 38.1 Å². The van der Waals surface area contributed by atoms with Gasteiger partial charge in [0.2, 0.25) is 5.91 Å². The molecule has 2 aromatic rings. The number of amides is 2. The van der Waals surface area contributed by atoms with E-state index in [9.17, 15) is 9.59 Å². The molecule has 2 aromatic carbocycles. The molecular weight excluding hydrogens is 384 g/mol. The van der Waals surface area contributed by atoms with Crippen molar-refractivity contribution in [2.45, 2.75) is 32.9 Å². The maximum Gasteiger partial charge on any atom is 0.261 e. The molecule has 0 saturated heterocycles. The van der Waals surface area contributed by atoms with Gasteiger partial charge in [0.15, 0.2) is 6.61 Å². The van der Waals surface area contributed by atoms with Crippen LogP contribution in [0.5, 0.6) is 17.2 Å². The molecule has 0 aliphatic heterocycles. The summed E-state index contributed by atoms with van der Waals surface area (Å²) >= 11 is 0. The zero-order valence-corrected chi connectivity index (χ0v) is 18.2. The molecule has 0 aromatic heterocycles. The van der Waals surface area contributed by atoms with E-state index in [1.54, 1.807) is 44.4 Å². The Balaban J connectivity index is 2.23. The summed E-state index contributed by atoms with van der Waals surface area (Å²) in [5, 5.41) is 2.65. The van der Waals surface area contributed by atoms with E-state index in [2.05, 4.69) is 5.32 Å². The fourth-order valence-corrected chi connectivity index (χ4v) is 3.15. The van der Waals surface area contributed by atoms with Crippen molar-refractivity contribution in [3.63, 3.8) is 0 Å². The van der Waals surface area contributed by atoms with Crippen molar-refractivity contribution < 1.29 is 23.8 Å². The van der Waals surface area contributed by atoms with Crippen LogP contribution in [0.4, 0.5) is 0 Å². The first-order valence-corrected chi connectivity index (χ1v) is 9.84. The second-order valence-electron chi connectivity index (χ2n) is 6.82. The molecule has 0 fully saturated rings. The highest BCUT2D eigenvalue weighted by Crippen LogP contribution is 2.27. The average Bonchev–Trinajstić information content (AvgIpc) is 2.77. The van der Waals surface area contributed by atoms with Crippen LogP contribution in [0.2, 0.25) is 0 Å². The number of likely N-dealkylation sites (N-methyl/N-ethyl adjacent to an activating group) is 1. The Hall–Kier alpha value is -3.22. The molecule has 0 radical (unpaired) electrons. The van der Waals surface area contributed by atoms with Gasteiger partial charge in [-0.25, -0.2) is 0 Å². The highest BCUT2D eigenvalue weighted by atomic mass is 16.5. The van der Waals surface area contributed by atoms with E-state index < -0.39 is 6.04 Å². The molecule has 162 valence electrons. The van der Waals surface area contributed by atoms with Crippen LogP contribution >= 0.6 is 0 Å². The van der Waals surface area contributed by atoms with Gasteiger partial charge in [-0.05, 0) is 24.5 Å². The van der Waals surface area contributed by atoms with Crippen LogP contribution in [0.15, 0.2) is 42.5 Å². The summed E-state index contributed by atoms with van der Waals surface area (Å²) in [7, 11) is 4.66. The Morgan fingerprint density at radius 3 is 2.17 bits per heavy atom. The minimum Gasteiger partial charge on any atom is -0.496 e. The number of nitrogens with one attached hydrogen (secondary N) is 1. The SMILES string of the molecule is CC[C@@H](C(=O)NC)N(Cc1ccccc1C)C(=O)COc1cc(OC)cc(OC)c1. The van der Waals surface area contributed by atoms with Gasteiger partial charge in [0.1, 0.15) is 23.3 Å². The van der Waals surface area contributed by atoms with Gasteiger partial charge in [0.25, 0.3) is 5.91 Å². The van der Waals surface area contributed by atoms with Crippen LogP contribution in [-0.2, 0) is 16.1 Å². The molecule has 2 rings (SSSR count). The Morgan fingerprint density at radius 1 is 1.03 bits per heavy atom. The standard InChI is InChI=1S/C23H30N2O5/c1-6-21(23(27)24-3)25(14-17-10-8-7-9-16(17)2)22(26)15-30-20-12-18(28-4)11-19(13-20)29-5/h7-13,21H,6,14-15H2,1-5H3,(H,24,27)/t21-/m0/s1. The van der Waals surface area contributed by atoms with Gasteiger partial charge in [-0.2, -0.15) is 0 Å². The molecule has 0 bridgehead atoms. The zero-order chi connectivity index (χ0) is 22.1. The third-order valence-corrected chi connectivity index (χ3v) is 4.92. The number of benzene rings is 2. The number of rotatable bonds is 10. The predicted molar refractivity (Wildman–Crippen MR) is 115 cm³/mol. The van der Waals surface area contributed by atoms with E-state index in [-0.39, 0.29) is 18.4 Å². The molecular formula is C23H30N2O5. The fourth-order valence-electron chi connectivity index (χ4n) is 3.15. The largest absolute Gasteiger partial charge is 0.496 e. The second kappa shape index (κ2) is 11.1. The summed E-state index contributed by atoms with van der Waals surface area (Å²) in [6.45, 7) is 3.97. The summed E-state index contributed by atoms with van der Waals surface area (Å²) in [5.74, 6) is 1.08. The summed E-state index contributed by atoms with van der Waals surface area (Å²) in [6, 6.07) is 12.3. The molecule has 7 nitrogen and oxygen atoms in total. The maximum absolute atomic E-state index is 13.1. The first-order valence-electron chi connectivity index (χ1n) is 9.84. The average molecular weight is 415 g/mol. The van der Waals surface area contributed by atoms with Crippen molar-refractivity contribution in [2.24, 2.45) is 0 Å². The second-order valence-corrected chi connectivity index (χ2v) is 6.82. The number of methoxy groups -OCH3 is 2. The van der Waals surface area contributed by atoms with E-state index in [4.69, 9.17) is 14.2 Å². The normalized spacial score (nSPS) is 11.4. The van der Waals surface area contributed by atoms with Gasteiger partial charge in [-0.1, -0.05) is 31.2 Å². The Morgan fingerprint density at radius 2 is 1.63 bits per heavy atom. The van der Waals surface area contributed by atoms with Gasteiger partial charge in [-0.3, -0.25) is 9.59 Å². The summed E-state index contributed by atoms with van der Waals surface area (Å²) < 4.78 is 16.2. The lowest BCUT2D eigenvalue weighted by molar-refractivity contribution is -0.142. The van der Waals surface area contributed by atoms with Gasteiger partial charge < -0.3 is 24.4 Å². The van der Waals surface area contributed by atoms with Crippen LogP contribution < -0.4 is 19.5 Å². The summed E-state index contributed by atoms with van der Waals surface area (Å²) in [4.78, 5) is 27.1. The van der Waals surface area contributed by atoms with E-state index >= 15 is 0 Å². The maximum atomic E-state index is 13.1. The first-order chi connectivity index (χ1) is 14.4. The molecule has 0 aliphatic rings. The zero-order valence-electron chi connectivity index (χ0n) is 18.2. The van der Waals surface area contributed by atoms with Gasteiger partial charge in [0, 0.05) is 31.8 Å². The highest BCUT2D eigenvalue weighted by molar-refractivity contribution is 5.88. The number of hydrogen-bond acceptors (Lipinski definition) is 5. The smallest absolute Gasteiger partial charge is 0.261 e. The number of nitrogens with zero attached hydrogens (tertiary/aromatic N) is 1. The molecule has 0 heterocycles. The molecule has 7 heteroatoms. The lowest BCUT2D eigenvalue weighted by atomic mass is 10.1. The van der Waals surface area contributed by atoms with Crippen LogP contribution in [0.25, 0.3) is 0 Å². The van der Waals surface area contributed by atoms with E-state index in [1.165, 1.54) is 0 Å². The molecule has 0 unspecified atom stereocenters. The number of ether oxygens (including phenoxy) is 3. The Labute approximate surface area is 177 Å². The quantitative estimate of drug-likeness (QED) is 0.647. The fraction of sp³-hybridized carbons (Fsp3) is 0.391. The summed E-state index contributed by atoms with van der Waals surface area (Å²) in [6.07, 6.45) is 0.490. The van der Waals surface area contributed by atoms with Crippen molar-refractivity contribution >= 4 is 11.8 Å². The minimum atomic E-state index is -0.592. The lowest BCUT2D eigenvalue weighted by Gasteiger charge is -2.30. The lowest BCUT2D eigenvalue weighted by Crippen LogP contribution is -2.49. The van der Waals surface area contributed by atoms with Gasteiger partial charge in [0.05, 0.1) is 14.2 Å². The van der Waals surface area contributed by atoms with E-state index in [0.717, 1.165) is 11.1 Å². The molecule has 2 amide bonds. The van der Waals surface area contributed by atoms with Crippen LogP contribution in [-0.4, -0.2) is 50.6 Å². The van der Waals surface area contributed by atoms with Crippen LogP contribution in [0.3, 0.4) is 0 Å². The summed E-state index contributed by atoms with van der Waals surface area (Å²) in [5.41, 5.74) is 2.04. The van der Waals surface area contributed by atoms with Gasteiger partial charge >= 0.3 is 0 Å². The van der Waals surface area contributed by atoms with Crippen molar-refractivity contribution in [1.82, 2.24) is 10.2 Å². The topological polar surface area (TPSA) is 77.1 Å².